The summed E-state index contributed by atoms with van der Waals surface area (Å²) in [6, 6.07) is 14.6. The van der Waals surface area contributed by atoms with Gasteiger partial charge in [-0.05, 0) is 48.7 Å². The molecule has 6 heteroatoms. The molecule has 0 N–H and O–H groups in total. The number of fused-ring (bicyclic) bond motifs is 1. The van der Waals surface area contributed by atoms with Crippen LogP contribution in [0.15, 0.2) is 54.6 Å². The van der Waals surface area contributed by atoms with Crippen molar-refractivity contribution in [2.75, 3.05) is 9.96 Å². The van der Waals surface area contributed by atoms with E-state index in [0.717, 1.165) is 10.6 Å². The number of hydroxylamine groups is 1. The third-order valence-corrected chi connectivity index (χ3v) is 5.05. The van der Waals surface area contributed by atoms with Crippen molar-refractivity contribution in [3.8, 4) is 0 Å². The minimum Gasteiger partial charge on any atom is -0.273 e. The van der Waals surface area contributed by atoms with Gasteiger partial charge in [0.15, 0.2) is 6.10 Å². The lowest BCUT2D eigenvalue weighted by atomic mass is 9.90. The molecule has 2 saturated heterocycles. The van der Waals surface area contributed by atoms with Gasteiger partial charge in [-0.3, -0.25) is 14.4 Å². The Hall–Kier alpha value is -2.73. The smallest absolute Gasteiger partial charge is 0.266 e. The van der Waals surface area contributed by atoms with E-state index in [-0.39, 0.29) is 11.9 Å². The molecule has 3 atom stereocenters. The van der Waals surface area contributed by atoms with E-state index in [1.54, 1.807) is 5.06 Å². The van der Waals surface area contributed by atoms with Crippen molar-refractivity contribution in [1.82, 2.24) is 0 Å². The number of imide groups is 1. The van der Waals surface area contributed by atoms with Gasteiger partial charge in [-0.2, -0.15) is 0 Å². The number of rotatable bonds is 4. The predicted molar refractivity (Wildman–Crippen MR) is 99.4 cm³/mol. The summed E-state index contributed by atoms with van der Waals surface area (Å²) in [5.41, 5.74) is 1.20. The molecule has 0 unspecified atom stereocenters. The van der Waals surface area contributed by atoms with Gasteiger partial charge >= 0.3 is 0 Å². The maximum atomic E-state index is 13.2. The third-order valence-electron chi connectivity index (χ3n) is 5.05. The molecular formula is C21H21FN2O3. The van der Waals surface area contributed by atoms with Crippen molar-refractivity contribution >= 4 is 23.2 Å². The molecule has 2 amide bonds. The number of hydrogen-bond acceptors (Lipinski definition) is 4. The fourth-order valence-corrected chi connectivity index (χ4v) is 3.89. The highest BCUT2D eigenvalue weighted by molar-refractivity contribution is 6.23. The molecule has 0 radical (unpaired) electrons. The third kappa shape index (κ3) is 3.00. The molecule has 27 heavy (non-hydrogen) atoms. The van der Waals surface area contributed by atoms with E-state index in [4.69, 9.17) is 4.84 Å². The standard InChI is InChI=1S/C21H21FN2O3/c1-13(2)12-17-18-19(27-24(17)16-6-4-3-5-7-16)21(26)23(20(18)25)15-10-8-14(22)9-11-15/h3-11,13,17-19H,12H2,1-2H3/t17-,18+,19-/m1/s1. The van der Waals surface area contributed by atoms with Gasteiger partial charge in [0.05, 0.1) is 23.3 Å². The molecule has 0 spiro atoms. The predicted octanol–water partition coefficient (Wildman–Crippen LogP) is 3.55. The number of carbonyl (C=O) groups excluding carboxylic acids is 2. The number of amides is 2. The summed E-state index contributed by atoms with van der Waals surface area (Å²) < 4.78 is 13.2. The molecule has 5 nitrogen and oxygen atoms in total. The molecule has 2 aliphatic heterocycles. The summed E-state index contributed by atoms with van der Waals surface area (Å²) in [6.07, 6.45) is -0.140. The summed E-state index contributed by atoms with van der Waals surface area (Å²) in [5, 5.41) is 1.72. The van der Waals surface area contributed by atoms with Gasteiger partial charge in [-0.1, -0.05) is 32.0 Å². The number of benzene rings is 2. The lowest BCUT2D eigenvalue weighted by Gasteiger charge is -2.29. The molecule has 0 aliphatic carbocycles. The molecular weight excluding hydrogens is 347 g/mol. The Kier molecular flexibility index (Phi) is 4.44. The zero-order chi connectivity index (χ0) is 19.1. The Balaban J connectivity index is 1.69. The zero-order valence-corrected chi connectivity index (χ0v) is 15.2. The molecule has 2 aromatic rings. The van der Waals surface area contributed by atoms with Gasteiger partial charge in [0.25, 0.3) is 5.91 Å². The maximum Gasteiger partial charge on any atom is 0.266 e. The summed E-state index contributed by atoms with van der Waals surface area (Å²) in [4.78, 5) is 33.2. The van der Waals surface area contributed by atoms with Crippen LogP contribution in [0.4, 0.5) is 15.8 Å². The second kappa shape index (κ2) is 6.78. The molecule has 140 valence electrons. The summed E-state index contributed by atoms with van der Waals surface area (Å²) in [6.45, 7) is 4.16. The molecule has 0 saturated carbocycles. The SMILES string of the molecule is CC(C)C[C@@H]1[C@@H]2C(=O)N(c3ccc(F)cc3)C(=O)[C@@H]2ON1c1ccccc1. The number of nitrogens with zero attached hydrogens (tertiary/aromatic N) is 2. The fourth-order valence-electron chi connectivity index (χ4n) is 3.89. The Morgan fingerprint density at radius 1 is 0.963 bits per heavy atom. The first-order chi connectivity index (χ1) is 13.0. The second-order valence-electron chi connectivity index (χ2n) is 7.40. The van der Waals surface area contributed by atoms with E-state index in [0.29, 0.717) is 18.0 Å². The van der Waals surface area contributed by atoms with Gasteiger partial charge in [0.1, 0.15) is 5.82 Å². The molecule has 0 bridgehead atoms. The van der Waals surface area contributed by atoms with E-state index >= 15 is 0 Å². The topological polar surface area (TPSA) is 49.9 Å². The van der Waals surface area contributed by atoms with Crippen LogP contribution in [0.2, 0.25) is 0 Å². The quantitative estimate of drug-likeness (QED) is 0.775. The highest BCUT2D eigenvalue weighted by Gasteiger charge is 2.59. The van der Waals surface area contributed by atoms with E-state index in [2.05, 4.69) is 13.8 Å². The average molecular weight is 368 g/mol. The van der Waals surface area contributed by atoms with Gasteiger partial charge in [-0.25, -0.2) is 14.4 Å². The van der Waals surface area contributed by atoms with Crippen LogP contribution in [0, 0.1) is 17.7 Å². The van der Waals surface area contributed by atoms with Crippen LogP contribution in [-0.2, 0) is 14.4 Å². The Morgan fingerprint density at radius 2 is 1.63 bits per heavy atom. The van der Waals surface area contributed by atoms with E-state index in [9.17, 15) is 14.0 Å². The molecule has 2 aromatic carbocycles. The van der Waals surface area contributed by atoms with Crippen LogP contribution in [0.3, 0.4) is 0 Å². The monoisotopic (exact) mass is 368 g/mol. The van der Waals surface area contributed by atoms with Crippen molar-refractivity contribution < 1.29 is 18.8 Å². The van der Waals surface area contributed by atoms with E-state index in [1.807, 2.05) is 30.3 Å². The van der Waals surface area contributed by atoms with E-state index < -0.39 is 23.7 Å². The van der Waals surface area contributed by atoms with Crippen LogP contribution in [0.1, 0.15) is 20.3 Å². The van der Waals surface area contributed by atoms with Gasteiger partial charge in [0, 0.05) is 0 Å². The summed E-state index contributed by atoms with van der Waals surface area (Å²) >= 11 is 0. The number of anilines is 2. The summed E-state index contributed by atoms with van der Waals surface area (Å²) in [7, 11) is 0. The average Bonchev–Trinajstić information content (AvgIpc) is 3.13. The van der Waals surface area contributed by atoms with E-state index in [1.165, 1.54) is 24.3 Å². The number of carbonyl (C=O) groups is 2. The maximum absolute atomic E-state index is 13.2. The van der Waals surface area contributed by atoms with Crippen molar-refractivity contribution in [2.24, 2.45) is 11.8 Å². The summed E-state index contributed by atoms with van der Waals surface area (Å²) in [5.74, 6) is -1.36. The van der Waals surface area contributed by atoms with Crippen LogP contribution < -0.4 is 9.96 Å². The van der Waals surface area contributed by atoms with Gasteiger partial charge in [-0.15, -0.1) is 0 Å². The molecule has 4 rings (SSSR count). The first-order valence-electron chi connectivity index (χ1n) is 9.12. The van der Waals surface area contributed by atoms with Gasteiger partial charge in [0.2, 0.25) is 5.91 Å². The normalized spacial score (nSPS) is 24.8. The molecule has 2 heterocycles. The van der Waals surface area contributed by atoms with Crippen molar-refractivity contribution in [1.29, 1.82) is 0 Å². The minimum absolute atomic E-state index is 0.237. The van der Waals surface area contributed by atoms with Gasteiger partial charge < -0.3 is 0 Å². The minimum atomic E-state index is -0.855. The molecule has 2 fully saturated rings. The van der Waals surface area contributed by atoms with Crippen LogP contribution >= 0.6 is 0 Å². The molecule has 0 aromatic heterocycles. The van der Waals surface area contributed by atoms with Crippen LogP contribution in [-0.4, -0.2) is 24.0 Å². The highest BCUT2D eigenvalue weighted by atomic mass is 19.1. The lowest BCUT2D eigenvalue weighted by molar-refractivity contribution is -0.126. The Morgan fingerprint density at radius 3 is 2.26 bits per heavy atom. The lowest BCUT2D eigenvalue weighted by Crippen LogP contribution is -2.41. The first kappa shape index (κ1) is 17.7. The van der Waals surface area contributed by atoms with Crippen LogP contribution in [0.25, 0.3) is 0 Å². The Labute approximate surface area is 157 Å². The largest absolute Gasteiger partial charge is 0.273 e. The van der Waals surface area contributed by atoms with Crippen molar-refractivity contribution in [3.63, 3.8) is 0 Å². The number of halogens is 1. The fraction of sp³-hybridized carbons (Fsp3) is 0.333. The zero-order valence-electron chi connectivity index (χ0n) is 15.2. The number of para-hydroxylation sites is 1. The second-order valence-corrected chi connectivity index (χ2v) is 7.40. The highest BCUT2D eigenvalue weighted by Crippen LogP contribution is 2.42. The number of hydrogen-bond donors (Lipinski definition) is 0. The van der Waals surface area contributed by atoms with Crippen molar-refractivity contribution in [3.05, 3.63) is 60.4 Å². The van der Waals surface area contributed by atoms with Crippen LogP contribution in [0.5, 0.6) is 0 Å². The first-order valence-corrected chi connectivity index (χ1v) is 9.12. The molecule has 2 aliphatic rings. The Bertz CT molecular complexity index is 853. The van der Waals surface area contributed by atoms with Crippen molar-refractivity contribution in [2.45, 2.75) is 32.4 Å².